The van der Waals surface area contributed by atoms with E-state index in [-0.39, 0.29) is 12.6 Å². The van der Waals surface area contributed by atoms with E-state index < -0.39 is 0 Å². The van der Waals surface area contributed by atoms with Gasteiger partial charge in [0.2, 0.25) is 0 Å². The van der Waals surface area contributed by atoms with Gasteiger partial charge < -0.3 is 19.7 Å². The lowest BCUT2D eigenvalue weighted by molar-refractivity contribution is 0.190. The van der Waals surface area contributed by atoms with Crippen LogP contribution in [0.15, 0.2) is 60.9 Å². The zero-order valence-electron chi connectivity index (χ0n) is 17.9. The number of nitrogens with one attached hydrogen (secondary N) is 1. The molecule has 0 spiro atoms. The Kier molecular flexibility index (Phi) is 7.16. The third kappa shape index (κ3) is 5.42. The van der Waals surface area contributed by atoms with Gasteiger partial charge in [-0.1, -0.05) is 55.2 Å². The van der Waals surface area contributed by atoms with Gasteiger partial charge in [-0.3, -0.25) is 0 Å². The first kappa shape index (κ1) is 21.3. The molecule has 0 aliphatic carbocycles. The van der Waals surface area contributed by atoms with Crippen LogP contribution in [0.3, 0.4) is 0 Å². The molecule has 1 aliphatic heterocycles. The summed E-state index contributed by atoms with van der Waals surface area (Å²) in [4.78, 5) is 4.32. The highest BCUT2D eigenvalue weighted by Crippen LogP contribution is 2.21. The molecule has 2 aromatic carbocycles. The molecule has 1 saturated heterocycles. The van der Waals surface area contributed by atoms with Crippen molar-refractivity contribution < 1.29 is 9.84 Å². The lowest BCUT2D eigenvalue weighted by atomic mass is 10.0. The van der Waals surface area contributed by atoms with Gasteiger partial charge in [0.25, 0.3) is 0 Å². The molecule has 1 aliphatic rings. The lowest BCUT2D eigenvalue weighted by Gasteiger charge is -2.12. The SMILES string of the molecule is CCc1nccn1C(C#Cc1ccc(-c2ccc(CNC3CCOC3)cc2)cc1)CO. The lowest BCUT2D eigenvalue weighted by Crippen LogP contribution is -2.28. The Labute approximate surface area is 184 Å². The maximum Gasteiger partial charge on any atom is 0.119 e. The van der Waals surface area contributed by atoms with Gasteiger partial charge in [0.15, 0.2) is 0 Å². The molecule has 31 heavy (non-hydrogen) atoms. The van der Waals surface area contributed by atoms with E-state index in [0.717, 1.165) is 49.6 Å². The highest BCUT2D eigenvalue weighted by atomic mass is 16.5. The largest absolute Gasteiger partial charge is 0.393 e. The highest BCUT2D eigenvalue weighted by Gasteiger charge is 2.14. The average Bonchev–Trinajstić information content (AvgIpc) is 3.51. The monoisotopic (exact) mass is 415 g/mol. The van der Waals surface area contributed by atoms with Gasteiger partial charge in [0.05, 0.1) is 13.2 Å². The number of aryl methyl sites for hydroxylation is 1. The zero-order chi connectivity index (χ0) is 21.5. The van der Waals surface area contributed by atoms with E-state index in [2.05, 4.69) is 58.5 Å². The van der Waals surface area contributed by atoms with Crippen LogP contribution in [0.2, 0.25) is 0 Å². The number of rotatable bonds is 7. The first-order valence-electron chi connectivity index (χ1n) is 10.9. The number of aliphatic hydroxyl groups excluding tert-OH is 1. The van der Waals surface area contributed by atoms with Crippen LogP contribution in [-0.4, -0.2) is 40.5 Å². The number of imidazole rings is 1. The minimum Gasteiger partial charge on any atom is -0.393 e. The van der Waals surface area contributed by atoms with Crippen molar-refractivity contribution in [2.75, 3.05) is 19.8 Å². The summed E-state index contributed by atoms with van der Waals surface area (Å²) in [5, 5.41) is 13.3. The Morgan fingerprint density at radius 1 is 1.16 bits per heavy atom. The Morgan fingerprint density at radius 3 is 2.55 bits per heavy atom. The van der Waals surface area contributed by atoms with E-state index in [4.69, 9.17) is 4.74 Å². The van der Waals surface area contributed by atoms with Gasteiger partial charge >= 0.3 is 0 Å². The topological polar surface area (TPSA) is 59.3 Å². The minimum atomic E-state index is -0.283. The molecule has 2 atom stereocenters. The maximum atomic E-state index is 9.75. The van der Waals surface area contributed by atoms with Crippen LogP contribution in [0, 0.1) is 11.8 Å². The van der Waals surface area contributed by atoms with Gasteiger partial charge in [0, 0.05) is 43.6 Å². The van der Waals surface area contributed by atoms with E-state index in [9.17, 15) is 5.11 Å². The number of aliphatic hydroxyl groups is 1. The molecule has 1 aromatic heterocycles. The summed E-state index contributed by atoms with van der Waals surface area (Å²) in [6, 6.07) is 17.1. The Balaban J connectivity index is 1.39. The van der Waals surface area contributed by atoms with Crippen LogP contribution in [0.1, 0.15) is 36.3 Å². The minimum absolute atomic E-state index is 0.0383. The third-order valence-electron chi connectivity index (χ3n) is 5.65. The quantitative estimate of drug-likeness (QED) is 0.579. The third-order valence-corrected chi connectivity index (χ3v) is 5.65. The standard InChI is InChI=1S/C26H29N3O2/c1-2-26-27-14-15-29(26)25(18-30)12-7-20-3-8-22(9-4-20)23-10-5-21(6-11-23)17-28-24-13-16-31-19-24/h3-6,8-11,14-15,24-25,28,30H,2,13,16-19H2,1H3. The summed E-state index contributed by atoms with van der Waals surface area (Å²) in [6.07, 6.45) is 5.53. The second kappa shape index (κ2) is 10.4. The van der Waals surface area contributed by atoms with E-state index in [1.54, 1.807) is 6.20 Å². The van der Waals surface area contributed by atoms with Gasteiger partial charge in [-0.05, 0) is 35.2 Å². The Morgan fingerprint density at radius 2 is 1.90 bits per heavy atom. The smallest absolute Gasteiger partial charge is 0.119 e. The fourth-order valence-electron chi connectivity index (χ4n) is 3.79. The fraction of sp³-hybridized carbons (Fsp3) is 0.346. The van der Waals surface area contributed by atoms with Gasteiger partial charge in [0.1, 0.15) is 11.9 Å². The van der Waals surface area contributed by atoms with Crippen LogP contribution in [-0.2, 0) is 17.7 Å². The summed E-state index contributed by atoms with van der Waals surface area (Å²) in [5.74, 6) is 7.29. The van der Waals surface area contributed by atoms with Crippen LogP contribution < -0.4 is 5.32 Å². The Bertz CT molecular complexity index is 1020. The average molecular weight is 416 g/mol. The predicted octanol–water partition coefficient (Wildman–Crippen LogP) is 3.58. The molecule has 2 unspecified atom stereocenters. The molecular formula is C26H29N3O2. The van der Waals surface area contributed by atoms with Crippen LogP contribution in [0.4, 0.5) is 0 Å². The molecule has 2 heterocycles. The normalized spacial score (nSPS) is 16.6. The molecule has 0 amide bonds. The second-order valence-electron chi connectivity index (χ2n) is 7.79. The number of aromatic nitrogens is 2. The molecule has 2 N–H and O–H groups in total. The first-order valence-corrected chi connectivity index (χ1v) is 10.9. The number of hydrogen-bond acceptors (Lipinski definition) is 4. The van der Waals surface area contributed by atoms with E-state index in [1.807, 2.05) is 29.8 Å². The molecule has 3 aromatic rings. The summed E-state index contributed by atoms with van der Waals surface area (Å²) in [7, 11) is 0. The van der Waals surface area contributed by atoms with Gasteiger partial charge in [-0.25, -0.2) is 4.98 Å². The molecule has 0 bridgehead atoms. The van der Waals surface area contributed by atoms with Crippen molar-refractivity contribution in [1.82, 2.24) is 14.9 Å². The van der Waals surface area contributed by atoms with E-state index >= 15 is 0 Å². The first-order chi connectivity index (χ1) is 15.3. The van der Waals surface area contributed by atoms with Gasteiger partial charge in [-0.15, -0.1) is 0 Å². The number of nitrogens with zero attached hydrogens (tertiary/aromatic N) is 2. The number of hydrogen-bond donors (Lipinski definition) is 2. The summed E-state index contributed by atoms with van der Waals surface area (Å²) >= 11 is 0. The van der Waals surface area contributed by atoms with Crippen LogP contribution in [0.5, 0.6) is 0 Å². The summed E-state index contributed by atoms with van der Waals surface area (Å²) in [5.41, 5.74) is 4.56. The van der Waals surface area contributed by atoms with Gasteiger partial charge in [-0.2, -0.15) is 0 Å². The molecule has 0 saturated carbocycles. The van der Waals surface area contributed by atoms with Crippen molar-refractivity contribution in [1.29, 1.82) is 0 Å². The Hall–Kier alpha value is -2.91. The summed E-state index contributed by atoms with van der Waals surface area (Å²) in [6.45, 7) is 4.55. The van der Waals surface area contributed by atoms with Crippen molar-refractivity contribution in [3.8, 4) is 23.0 Å². The van der Waals surface area contributed by atoms with Crippen molar-refractivity contribution in [3.05, 3.63) is 77.9 Å². The zero-order valence-corrected chi connectivity index (χ0v) is 17.9. The van der Waals surface area contributed by atoms with Crippen LogP contribution in [0.25, 0.3) is 11.1 Å². The predicted molar refractivity (Wildman–Crippen MR) is 123 cm³/mol. The number of ether oxygens (including phenoxy) is 1. The summed E-state index contributed by atoms with van der Waals surface area (Å²) < 4.78 is 7.35. The molecule has 5 heteroatoms. The second-order valence-corrected chi connectivity index (χ2v) is 7.79. The van der Waals surface area contributed by atoms with Crippen LogP contribution >= 0.6 is 0 Å². The van der Waals surface area contributed by atoms with E-state index in [1.165, 1.54) is 11.1 Å². The molecule has 1 fully saturated rings. The molecule has 160 valence electrons. The molecular weight excluding hydrogens is 386 g/mol. The van der Waals surface area contributed by atoms with E-state index in [0.29, 0.717) is 6.04 Å². The molecule has 0 radical (unpaired) electrons. The fourth-order valence-corrected chi connectivity index (χ4v) is 3.79. The highest BCUT2D eigenvalue weighted by molar-refractivity contribution is 5.64. The maximum absolute atomic E-state index is 9.75. The molecule has 4 rings (SSSR count). The van der Waals surface area contributed by atoms with Crippen molar-refractivity contribution in [2.45, 2.75) is 38.4 Å². The van der Waals surface area contributed by atoms with Crippen molar-refractivity contribution >= 4 is 0 Å². The van der Waals surface area contributed by atoms with Crippen molar-refractivity contribution in [2.24, 2.45) is 0 Å². The number of benzene rings is 2. The van der Waals surface area contributed by atoms with Crippen molar-refractivity contribution in [3.63, 3.8) is 0 Å². The molecule has 5 nitrogen and oxygen atoms in total.